The molecular weight excluding hydrogens is 456 g/mol. The first-order chi connectivity index (χ1) is 17.0. The number of hydrogen-bond donors (Lipinski definition) is 1. The Bertz CT molecular complexity index is 1520. The summed E-state index contributed by atoms with van der Waals surface area (Å²) in [6.45, 7) is 1.99. The third-order valence-electron chi connectivity index (χ3n) is 6.01. The molecule has 0 atom stereocenters. The molecule has 0 radical (unpaired) electrons. The number of ketones is 1. The van der Waals surface area contributed by atoms with E-state index in [1.165, 1.54) is 11.3 Å². The van der Waals surface area contributed by atoms with Gasteiger partial charge in [-0.1, -0.05) is 42.0 Å². The number of ether oxygens (including phenoxy) is 2. The number of pyridine rings is 1. The summed E-state index contributed by atoms with van der Waals surface area (Å²) < 4.78 is 10.6. The zero-order chi connectivity index (χ0) is 24.5. The van der Waals surface area contributed by atoms with Crippen molar-refractivity contribution in [2.45, 2.75) is 6.92 Å². The Morgan fingerprint density at radius 2 is 1.40 bits per heavy atom. The van der Waals surface area contributed by atoms with Crippen LogP contribution < -0.4 is 15.2 Å². The van der Waals surface area contributed by atoms with Crippen molar-refractivity contribution < 1.29 is 14.3 Å². The average molecular weight is 481 g/mol. The summed E-state index contributed by atoms with van der Waals surface area (Å²) in [5.41, 5.74) is 12.4. The van der Waals surface area contributed by atoms with E-state index in [9.17, 15) is 4.79 Å². The van der Waals surface area contributed by atoms with Crippen molar-refractivity contribution in [2.24, 2.45) is 0 Å². The summed E-state index contributed by atoms with van der Waals surface area (Å²) in [5.74, 6) is 1.44. The number of aromatic nitrogens is 1. The van der Waals surface area contributed by atoms with E-state index in [4.69, 9.17) is 20.2 Å². The molecule has 0 saturated carbocycles. The summed E-state index contributed by atoms with van der Waals surface area (Å²) in [6.07, 6.45) is 0. The van der Waals surface area contributed by atoms with Gasteiger partial charge >= 0.3 is 0 Å². The van der Waals surface area contributed by atoms with Crippen LogP contribution in [0, 0.1) is 6.92 Å². The van der Waals surface area contributed by atoms with Gasteiger partial charge in [-0.2, -0.15) is 0 Å². The van der Waals surface area contributed by atoms with E-state index < -0.39 is 0 Å². The van der Waals surface area contributed by atoms with Crippen molar-refractivity contribution in [3.63, 3.8) is 0 Å². The fourth-order valence-electron chi connectivity index (χ4n) is 4.03. The number of rotatable bonds is 6. The van der Waals surface area contributed by atoms with Gasteiger partial charge in [0.2, 0.25) is 5.78 Å². The smallest absolute Gasteiger partial charge is 0.205 e. The maximum absolute atomic E-state index is 13.4. The van der Waals surface area contributed by atoms with Crippen LogP contribution in [0.2, 0.25) is 0 Å². The van der Waals surface area contributed by atoms with Crippen LogP contribution >= 0.6 is 11.3 Å². The molecule has 2 heterocycles. The Kier molecular flexibility index (Phi) is 5.97. The fourth-order valence-corrected chi connectivity index (χ4v) is 5.12. The highest BCUT2D eigenvalue weighted by Crippen LogP contribution is 2.42. The van der Waals surface area contributed by atoms with Crippen LogP contribution in [0.4, 0.5) is 5.69 Å². The first-order valence-electron chi connectivity index (χ1n) is 11.1. The molecule has 35 heavy (non-hydrogen) atoms. The lowest BCUT2D eigenvalue weighted by Gasteiger charge is -2.10. The first-order valence-corrected chi connectivity index (χ1v) is 11.9. The summed E-state index contributed by atoms with van der Waals surface area (Å²) in [5, 5.41) is 0.785. The Hall–Kier alpha value is -4.16. The van der Waals surface area contributed by atoms with Crippen LogP contribution in [-0.4, -0.2) is 25.0 Å². The van der Waals surface area contributed by atoms with Gasteiger partial charge in [-0.25, -0.2) is 4.98 Å². The van der Waals surface area contributed by atoms with Crippen molar-refractivity contribution in [1.29, 1.82) is 0 Å². The molecule has 0 aliphatic heterocycles. The summed E-state index contributed by atoms with van der Waals surface area (Å²) in [6, 6.07) is 25.1. The number of carbonyl (C=O) groups is 1. The number of benzene rings is 3. The number of nitrogens with two attached hydrogens (primary N) is 1. The van der Waals surface area contributed by atoms with Gasteiger partial charge in [-0.15, -0.1) is 11.3 Å². The lowest BCUT2D eigenvalue weighted by Crippen LogP contribution is -2.02. The Balaban J connectivity index is 1.71. The molecule has 0 unspecified atom stereocenters. The minimum absolute atomic E-state index is 0.0998. The maximum atomic E-state index is 13.4. The topological polar surface area (TPSA) is 74.4 Å². The lowest BCUT2D eigenvalue weighted by molar-refractivity contribution is 0.104. The predicted molar refractivity (Wildman–Crippen MR) is 143 cm³/mol. The van der Waals surface area contributed by atoms with Gasteiger partial charge < -0.3 is 15.2 Å². The van der Waals surface area contributed by atoms with E-state index in [0.29, 0.717) is 16.1 Å². The van der Waals surface area contributed by atoms with Crippen LogP contribution in [0.1, 0.15) is 20.8 Å². The minimum atomic E-state index is -0.0998. The van der Waals surface area contributed by atoms with Crippen LogP contribution in [0.3, 0.4) is 0 Å². The quantitative estimate of drug-likeness (QED) is 0.272. The second-order valence-corrected chi connectivity index (χ2v) is 9.23. The molecule has 0 fully saturated rings. The van der Waals surface area contributed by atoms with Gasteiger partial charge in [0, 0.05) is 16.5 Å². The number of anilines is 1. The Labute approximate surface area is 207 Å². The third kappa shape index (κ3) is 4.24. The summed E-state index contributed by atoms with van der Waals surface area (Å²) in [4.78, 5) is 19.5. The Morgan fingerprint density at radius 1 is 0.829 bits per heavy atom. The number of thiophene rings is 1. The van der Waals surface area contributed by atoms with Crippen molar-refractivity contribution in [2.75, 3.05) is 20.0 Å². The number of nitrogens with zero attached hydrogens (tertiary/aromatic N) is 1. The van der Waals surface area contributed by atoms with Crippen LogP contribution in [0.15, 0.2) is 78.9 Å². The van der Waals surface area contributed by atoms with Gasteiger partial charge in [-0.3, -0.25) is 4.79 Å². The standard InChI is InChI=1S/C29H24N2O3S/c1-17-4-6-20(7-5-17)27(32)28-26(30)25-23(18-8-12-21(33-2)13-9-18)16-24(31-29(25)35-28)19-10-14-22(34-3)15-11-19/h4-16H,30H2,1-3H3. The van der Waals surface area contributed by atoms with E-state index in [0.717, 1.165) is 49.7 Å². The number of fused-ring (bicyclic) bond motifs is 1. The number of nitrogen functional groups attached to an aromatic ring is 1. The molecule has 5 nitrogen and oxygen atoms in total. The van der Waals surface area contributed by atoms with Crippen LogP contribution in [0.25, 0.3) is 32.6 Å². The normalized spacial score (nSPS) is 10.9. The SMILES string of the molecule is COc1ccc(-c2cc(-c3ccc(OC)cc3)c3c(N)c(C(=O)c4ccc(C)cc4)sc3n2)cc1. The van der Waals surface area contributed by atoms with Crippen molar-refractivity contribution in [3.05, 3.63) is 94.9 Å². The van der Waals surface area contributed by atoms with Gasteiger partial charge in [0.25, 0.3) is 0 Å². The molecule has 3 aromatic carbocycles. The van der Waals surface area contributed by atoms with Gasteiger partial charge in [0.15, 0.2) is 0 Å². The number of hydrogen-bond acceptors (Lipinski definition) is 6. The van der Waals surface area contributed by atoms with Gasteiger partial charge in [0.1, 0.15) is 21.2 Å². The van der Waals surface area contributed by atoms with Gasteiger partial charge in [0.05, 0.1) is 25.6 Å². The van der Waals surface area contributed by atoms with Crippen molar-refractivity contribution >= 4 is 33.0 Å². The summed E-state index contributed by atoms with van der Waals surface area (Å²) >= 11 is 1.33. The zero-order valence-electron chi connectivity index (χ0n) is 19.7. The van der Waals surface area contributed by atoms with E-state index in [-0.39, 0.29) is 5.78 Å². The molecular formula is C29H24N2O3S. The molecule has 6 heteroatoms. The largest absolute Gasteiger partial charge is 0.497 e. The maximum Gasteiger partial charge on any atom is 0.205 e. The molecule has 0 spiro atoms. The predicted octanol–water partition coefficient (Wildman–Crippen LogP) is 6.77. The van der Waals surface area contributed by atoms with E-state index in [1.54, 1.807) is 14.2 Å². The first kappa shape index (κ1) is 22.6. The highest BCUT2D eigenvalue weighted by Gasteiger charge is 2.22. The molecule has 174 valence electrons. The highest BCUT2D eigenvalue weighted by atomic mass is 32.1. The molecule has 0 aliphatic carbocycles. The van der Waals surface area contributed by atoms with Crippen molar-refractivity contribution in [1.82, 2.24) is 4.98 Å². The minimum Gasteiger partial charge on any atom is -0.497 e. The van der Waals surface area contributed by atoms with Gasteiger partial charge in [-0.05, 0) is 60.5 Å². The lowest BCUT2D eigenvalue weighted by atomic mass is 9.98. The average Bonchev–Trinajstić information content (AvgIpc) is 3.24. The van der Waals surface area contributed by atoms with Crippen LogP contribution in [0.5, 0.6) is 11.5 Å². The van der Waals surface area contributed by atoms with Crippen molar-refractivity contribution in [3.8, 4) is 33.9 Å². The second-order valence-electron chi connectivity index (χ2n) is 8.23. The Morgan fingerprint density at radius 3 is 1.97 bits per heavy atom. The molecule has 2 aromatic heterocycles. The van der Waals surface area contributed by atoms with E-state index >= 15 is 0 Å². The molecule has 0 saturated heterocycles. The highest BCUT2D eigenvalue weighted by molar-refractivity contribution is 7.21. The van der Waals surface area contributed by atoms with Crippen LogP contribution in [-0.2, 0) is 0 Å². The molecule has 0 aliphatic rings. The second kappa shape index (κ2) is 9.24. The molecule has 0 amide bonds. The number of carbonyl (C=O) groups excluding carboxylic acids is 1. The van der Waals surface area contributed by atoms with E-state index in [1.807, 2.05) is 85.8 Å². The fraction of sp³-hybridized carbons (Fsp3) is 0.103. The molecule has 5 aromatic rings. The van der Waals surface area contributed by atoms with E-state index in [2.05, 4.69) is 0 Å². The molecule has 0 bridgehead atoms. The molecule has 5 rings (SSSR count). The number of aryl methyl sites for hydroxylation is 1. The third-order valence-corrected chi connectivity index (χ3v) is 7.10. The number of methoxy groups -OCH3 is 2. The monoisotopic (exact) mass is 480 g/mol. The zero-order valence-corrected chi connectivity index (χ0v) is 20.5. The molecule has 2 N–H and O–H groups in total. The summed E-state index contributed by atoms with van der Waals surface area (Å²) in [7, 11) is 3.28.